The second-order valence-electron chi connectivity index (χ2n) is 6.74. The van der Waals surface area contributed by atoms with Crippen molar-refractivity contribution in [3.05, 3.63) is 66.5 Å². The van der Waals surface area contributed by atoms with Gasteiger partial charge in [0.2, 0.25) is 5.91 Å². The predicted octanol–water partition coefficient (Wildman–Crippen LogP) is 0.873. The second kappa shape index (κ2) is 10.0. The Labute approximate surface area is 178 Å². The Morgan fingerprint density at radius 2 is 1.71 bits per heavy atom. The van der Waals surface area contributed by atoms with E-state index in [4.69, 9.17) is 4.74 Å². The Balaban J connectivity index is 1.51. The van der Waals surface area contributed by atoms with E-state index in [1.54, 1.807) is 20.2 Å². The third kappa shape index (κ3) is 5.89. The summed E-state index contributed by atoms with van der Waals surface area (Å²) in [6.07, 6.45) is 1.31. The molecule has 0 aliphatic carbocycles. The molecule has 3 aromatic rings. The number of hydrogen-bond acceptors (Lipinski definition) is 6. The molecule has 0 aliphatic rings. The van der Waals surface area contributed by atoms with Crippen LogP contribution in [-0.2, 0) is 16.1 Å². The molecule has 0 bridgehead atoms. The van der Waals surface area contributed by atoms with Gasteiger partial charge in [-0.2, -0.15) is 0 Å². The van der Waals surface area contributed by atoms with E-state index >= 15 is 0 Å². The van der Waals surface area contributed by atoms with E-state index in [2.05, 4.69) is 21.2 Å². The van der Waals surface area contributed by atoms with E-state index in [9.17, 15) is 14.4 Å². The molecule has 2 aromatic carbocycles. The van der Waals surface area contributed by atoms with Gasteiger partial charge in [0.25, 0.3) is 11.8 Å². The van der Waals surface area contributed by atoms with Crippen LogP contribution in [0.5, 0.6) is 5.75 Å². The van der Waals surface area contributed by atoms with Crippen molar-refractivity contribution in [2.24, 2.45) is 0 Å². The maximum Gasteiger partial charge on any atom is 0.291 e. The Morgan fingerprint density at radius 3 is 2.45 bits per heavy atom. The van der Waals surface area contributed by atoms with Gasteiger partial charge in [-0.15, -0.1) is 5.10 Å². The van der Waals surface area contributed by atoms with Crippen molar-refractivity contribution < 1.29 is 19.1 Å². The SMILES string of the molecule is CN(C)C(=O)Cn1cc(C(=O)NNC(=O)COc2ccccc2-c2ccccc2)nn1. The van der Waals surface area contributed by atoms with Crippen molar-refractivity contribution in [3.63, 3.8) is 0 Å². The van der Waals surface area contributed by atoms with Crippen LogP contribution in [0.4, 0.5) is 0 Å². The molecule has 0 radical (unpaired) electrons. The number of aromatic nitrogens is 3. The third-order valence-electron chi connectivity index (χ3n) is 4.21. The molecule has 0 fully saturated rings. The van der Waals surface area contributed by atoms with Crippen LogP contribution in [0.3, 0.4) is 0 Å². The normalized spacial score (nSPS) is 10.3. The lowest BCUT2D eigenvalue weighted by Crippen LogP contribution is -2.44. The molecule has 10 nitrogen and oxygen atoms in total. The summed E-state index contributed by atoms with van der Waals surface area (Å²) in [5.41, 5.74) is 6.28. The zero-order valence-electron chi connectivity index (χ0n) is 17.1. The molecule has 0 atom stereocenters. The Hall–Kier alpha value is -4.21. The van der Waals surface area contributed by atoms with Crippen molar-refractivity contribution in [2.75, 3.05) is 20.7 Å². The quantitative estimate of drug-likeness (QED) is 0.546. The zero-order valence-corrected chi connectivity index (χ0v) is 17.1. The van der Waals surface area contributed by atoms with Crippen LogP contribution in [0.2, 0.25) is 0 Å². The number of carbonyl (C=O) groups excluding carboxylic acids is 3. The molecule has 0 saturated heterocycles. The molecule has 0 unspecified atom stereocenters. The number of likely N-dealkylation sites (N-methyl/N-ethyl adjacent to an activating group) is 1. The lowest BCUT2D eigenvalue weighted by Gasteiger charge is -2.12. The Bertz CT molecular complexity index is 1060. The van der Waals surface area contributed by atoms with Gasteiger partial charge in [-0.05, 0) is 11.6 Å². The van der Waals surface area contributed by atoms with E-state index < -0.39 is 11.8 Å². The number of nitrogens with zero attached hydrogens (tertiary/aromatic N) is 4. The highest BCUT2D eigenvalue weighted by Crippen LogP contribution is 2.29. The van der Waals surface area contributed by atoms with Crippen LogP contribution in [0.1, 0.15) is 10.5 Å². The molecular formula is C21H22N6O4. The number of amides is 3. The highest BCUT2D eigenvalue weighted by molar-refractivity contribution is 5.93. The summed E-state index contributed by atoms with van der Waals surface area (Å²) in [5.74, 6) is -0.866. The number of hydrazine groups is 1. The van der Waals surface area contributed by atoms with E-state index in [0.717, 1.165) is 11.1 Å². The molecule has 0 spiro atoms. The molecule has 3 rings (SSSR count). The summed E-state index contributed by atoms with van der Waals surface area (Å²) in [4.78, 5) is 37.3. The van der Waals surface area contributed by atoms with Crippen molar-refractivity contribution in [3.8, 4) is 16.9 Å². The molecule has 1 heterocycles. The predicted molar refractivity (Wildman–Crippen MR) is 112 cm³/mol. The lowest BCUT2D eigenvalue weighted by atomic mass is 10.1. The summed E-state index contributed by atoms with van der Waals surface area (Å²) in [6.45, 7) is -0.345. The maximum absolute atomic E-state index is 12.1. The molecule has 31 heavy (non-hydrogen) atoms. The number of nitrogens with one attached hydrogen (secondary N) is 2. The fraction of sp³-hybridized carbons (Fsp3) is 0.190. The minimum Gasteiger partial charge on any atom is -0.483 e. The van der Waals surface area contributed by atoms with Gasteiger partial charge in [0.1, 0.15) is 12.3 Å². The summed E-state index contributed by atoms with van der Waals surface area (Å²) >= 11 is 0. The molecule has 160 valence electrons. The molecule has 1 aromatic heterocycles. The van der Waals surface area contributed by atoms with Crippen LogP contribution < -0.4 is 15.6 Å². The highest BCUT2D eigenvalue weighted by atomic mass is 16.5. The van der Waals surface area contributed by atoms with Gasteiger partial charge in [0.05, 0.1) is 6.20 Å². The number of carbonyl (C=O) groups is 3. The first-order valence-electron chi connectivity index (χ1n) is 9.41. The third-order valence-corrected chi connectivity index (χ3v) is 4.21. The van der Waals surface area contributed by atoms with Gasteiger partial charge in [-0.25, -0.2) is 4.68 Å². The standard InChI is InChI=1S/C21H22N6O4/c1-26(2)20(29)13-27-12-17(22-25-27)21(30)24-23-19(28)14-31-18-11-7-6-10-16(18)15-8-4-3-5-9-15/h3-12H,13-14H2,1-2H3,(H,23,28)(H,24,30). The highest BCUT2D eigenvalue weighted by Gasteiger charge is 2.14. The van der Waals surface area contributed by atoms with Gasteiger partial charge in [-0.3, -0.25) is 25.2 Å². The Kier molecular flexibility index (Phi) is 6.94. The van der Waals surface area contributed by atoms with Crippen molar-refractivity contribution in [2.45, 2.75) is 6.54 Å². The average Bonchev–Trinajstić information content (AvgIpc) is 3.25. The first kappa shape index (κ1) is 21.5. The number of benzene rings is 2. The van der Waals surface area contributed by atoms with Gasteiger partial charge in [0, 0.05) is 19.7 Å². The molecule has 0 saturated carbocycles. The summed E-state index contributed by atoms with van der Waals surface area (Å²) in [7, 11) is 3.23. The van der Waals surface area contributed by atoms with Crippen LogP contribution in [0.15, 0.2) is 60.8 Å². The molecule has 10 heteroatoms. The summed E-state index contributed by atoms with van der Waals surface area (Å²) in [5, 5.41) is 7.42. The van der Waals surface area contributed by atoms with Gasteiger partial charge in [0.15, 0.2) is 12.3 Å². The fourth-order valence-corrected chi connectivity index (χ4v) is 2.58. The molecule has 2 N–H and O–H groups in total. The van der Waals surface area contributed by atoms with E-state index in [1.807, 2.05) is 48.5 Å². The topological polar surface area (TPSA) is 118 Å². The van der Waals surface area contributed by atoms with E-state index in [0.29, 0.717) is 5.75 Å². The smallest absolute Gasteiger partial charge is 0.291 e. The monoisotopic (exact) mass is 422 g/mol. The van der Waals surface area contributed by atoms with E-state index in [-0.39, 0.29) is 24.8 Å². The number of para-hydroxylation sites is 1. The van der Waals surface area contributed by atoms with Gasteiger partial charge < -0.3 is 9.64 Å². The van der Waals surface area contributed by atoms with Crippen molar-refractivity contribution in [1.29, 1.82) is 0 Å². The van der Waals surface area contributed by atoms with Crippen molar-refractivity contribution >= 4 is 17.7 Å². The molecule has 3 amide bonds. The summed E-state index contributed by atoms with van der Waals surface area (Å²) < 4.78 is 6.86. The van der Waals surface area contributed by atoms with Crippen LogP contribution in [0, 0.1) is 0 Å². The minimum atomic E-state index is -0.665. The largest absolute Gasteiger partial charge is 0.483 e. The van der Waals surface area contributed by atoms with Crippen molar-refractivity contribution in [1.82, 2.24) is 30.7 Å². The molecule has 0 aliphatic heterocycles. The van der Waals surface area contributed by atoms with Gasteiger partial charge in [-0.1, -0.05) is 53.7 Å². The Morgan fingerprint density at radius 1 is 1.00 bits per heavy atom. The number of rotatable bonds is 7. The average molecular weight is 422 g/mol. The first-order chi connectivity index (χ1) is 14.9. The first-order valence-corrected chi connectivity index (χ1v) is 9.41. The minimum absolute atomic E-state index is 0.0396. The summed E-state index contributed by atoms with van der Waals surface area (Å²) in [6, 6.07) is 17.0. The number of hydrogen-bond donors (Lipinski definition) is 2. The van der Waals surface area contributed by atoms with Crippen LogP contribution in [-0.4, -0.2) is 58.3 Å². The van der Waals surface area contributed by atoms with E-state index in [1.165, 1.54) is 15.8 Å². The van der Waals surface area contributed by atoms with Gasteiger partial charge >= 0.3 is 0 Å². The maximum atomic E-state index is 12.1. The zero-order chi connectivity index (χ0) is 22.2. The lowest BCUT2D eigenvalue weighted by molar-refractivity contribution is -0.129. The second-order valence-corrected chi connectivity index (χ2v) is 6.74. The van der Waals surface area contributed by atoms with Crippen LogP contribution in [0.25, 0.3) is 11.1 Å². The molecular weight excluding hydrogens is 400 g/mol. The number of ether oxygens (including phenoxy) is 1. The fourth-order valence-electron chi connectivity index (χ4n) is 2.58. The van der Waals surface area contributed by atoms with Crippen LogP contribution >= 0.6 is 0 Å².